The lowest BCUT2D eigenvalue weighted by molar-refractivity contribution is 0.0941. The van der Waals surface area contributed by atoms with Crippen molar-refractivity contribution in [1.29, 1.82) is 0 Å². The molecule has 20 heavy (non-hydrogen) atoms. The minimum atomic E-state index is -0.471. The molecule has 106 valence electrons. The zero-order valence-corrected chi connectivity index (χ0v) is 11.0. The van der Waals surface area contributed by atoms with E-state index in [1.54, 1.807) is 32.4 Å². The normalized spacial score (nSPS) is 10.1. The highest BCUT2D eigenvalue weighted by Gasteiger charge is 2.16. The number of nitrogen functional groups attached to an aromatic ring is 1. The van der Waals surface area contributed by atoms with Gasteiger partial charge in [-0.1, -0.05) is 0 Å². The Hall–Kier alpha value is -2.77. The standard InChI is InChI=1S/C12H14N4O4/c1-18-8-4-3-7(9(5-8)19-2)6-14-12(17)10-11(13)16-20-15-10/h3-5H,6H2,1-2H3,(H2,13,16)(H,14,17). The summed E-state index contributed by atoms with van der Waals surface area (Å²) >= 11 is 0. The Balaban J connectivity index is 2.07. The van der Waals surface area contributed by atoms with Crippen LogP contribution in [0, 0.1) is 0 Å². The van der Waals surface area contributed by atoms with Crippen molar-refractivity contribution < 1.29 is 18.9 Å². The molecular formula is C12H14N4O4. The first-order valence-electron chi connectivity index (χ1n) is 5.73. The molecule has 0 radical (unpaired) electrons. The molecule has 1 heterocycles. The zero-order chi connectivity index (χ0) is 14.5. The predicted octanol–water partition coefficient (Wildman–Crippen LogP) is 0.599. The maximum atomic E-state index is 11.8. The number of aromatic nitrogens is 2. The van der Waals surface area contributed by atoms with Crippen LogP contribution in [-0.2, 0) is 6.54 Å². The van der Waals surface area contributed by atoms with Gasteiger partial charge in [0.1, 0.15) is 11.5 Å². The van der Waals surface area contributed by atoms with Crippen LogP contribution in [0.3, 0.4) is 0 Å². The predicted molar refractivity (Wildman–Crippen MR) is 69.4 cm³/mol. The number of benzene rings is 1. The van der Waals surface area contributed by atoms with E-state index in [-0.39, 0.29) is 18.1 Å². The third kappa shape index (κ3) is 2.79. The summed E-state index contributed by atoms with van der Waals surface area (Å²) in [6, 6.07) is 5.30. The van der Waals surface area contributed by atoms with E-state index in [4.69, 9.17) is 15.2 Å². The summed E-state index contributed by atoms with van der Waals surface area (Å²) in [4.78, 5) is 11.8. The van der Waals surface area contributed by atoms with E-state index >= 15 is 0 Å². The number of methoxy groups -OCH3 is 2. The van der Waals surface area contributed by atoms with Gasteiger partial charge in [-0.2, -0.15) is 0 Å². The molecule has 1 aromatic carbocycles. The molecule has 0 spiro atoms. The average Bonchev–Trinajstić information content (AvgIpc) is 2.90. The van der Waals surface area contributed by atoms with Crippen molar-refractivity contribution in [2.24, 2.45) is 0 Å². The molecule has 2 rings (SSSR count). The Bertz CT molecular complexity index is 611. The molecule has 0 bridgehead atoms. The second-order valence-electron chi connectivity index (χ2n) is 3.86. The van der Waals surface area contributed by atoms with Gasteiger partial charge in [-0.25, -0.2) is 4.63 Å². The first kappa shape index (κ1) is 13.7. The first-order valence-corrected chi connectivity index (χ1v) is 5.73. The molecule has 2 aromatic rings. The van der Waals surface area contributed by atoms with Gasteiger partial charge in [-0.05, 0) is 22.4 Å². The minimum absolute atomic E-state index is 0.0440. The summed E-state index contributed by atoms with van der Waals surface area (Å²) in [7, 11) is 3.11. The van der Waals surface area contributed by atoms with Crippen LogP contribution in [0.2, 0.25) is 0 Å². The summed E-state index contributed by atoms with van der Waals surface area (Å²) in [6.45, 7) is 0.248. The highest BCUT2D eigenvalue weighted by Crippen LogP contribution is 2.24. The molecule has 0 atom stereocenters. The van der Waals surface area contributed by atoms with Crippen molar-refractivity contribution in [2.45, 2.75) is 6.54 Å². The molecule has 1 amide bonds. The van der Waals surface area contributed by atoms with Crippen LogP contribution in [0.4, 0.5) is 5.82 Å². The first-order chi connectivity index (χ1) is 9.65. The highest BCUT2D eigenvalue weighted by molar-refractivity contribution is 5.95. The minimum Gasteiger partial charge on any atom is -0.497 e. The summed E-state index contributed by atoms with van der Waals surface area (Å²) in [5, 5.41) is 9.41. The SMILES string of the molecule is COc1ccc(CNC(=O)c2nonc2N)c(OC)c1. The molecular weight excluding hydrogens is 264 g/mol. The molecule has 0 saturated carbocycles. The quantitative estimate of drug-likeness (QED) is 0.823. The number of nitrogens with one attached hydrogen (secondary N) is 1. The average molecular weight is 278 g/mol. The van der Waals surface area contributed by atoms with Gasteiger partial charge >= 0.3 is 0 Å². The maximum absolute atomic E-state index is 11.8. The Labute approximate surface area is 114 Å². The number of nitrogens with two attached hydrogens (primary N) is 1. The molecule has 1 aromatic heterocycles. The van der Waals surface area contributed by atoms with Gasteiger partial charge in [0.15, 0.2) is 0 Å². The number of carbonyl (C=O) groups excluding carboxylic acids is 1. The lowest BCUT2D eigenvalue weighted by Gasteiger charge is -2.10. The van der Waals surface area contributed by atoms with E-state index in [1.807, 2.05) is 0 Å². The molecule has 0 saturated heterocycles. The van der Waals surface area contributed by atoms with E-state index in [1.165, 1.54) is 0 Å². The van der Waals surface area contributed by atoms with Gasteiger partial charge in [0, 0.05) is 18.2 Å². The number of ether oxygens (including phenoxy) is 2. The second kappa shape index (κ2) is 5.91. The van der Waals surface area contributed by atoms with Crippen molar-refractivity contribution in [3.8, 4) is 11.5 Å². The van der Waals surface area contributed by atoms with Crippen molar-refractivity contribution in [1.82, 2.24) is 15.6 Å². The molecule has 8 nitrogen and oxygen atoms in total. The van der Waals surface area contributed by atoms with E-state index in [9.17, 15) is 4.79 Å². The number of rotatable bonds is 5. The van der Waals surface area contributed by atoms with Crippen LogP contribution in [-0.4, -0.2) is 30.4 Å². The maximum Gasteiger partial charge on any atom is 0.277 e. The van der Waals surface area contributed by atoms with Gasteiger partial charge in [-0.15, -0.1) is 0 Å². The number of anilines is 1. The van der Waals surface area contributed by atoms with E-state index in [0.717, 1.165) is 5.56 Å². The molecule has 0 aliphatic carbocycles. The van der Waals surface area contributed by atoms with Crippen molar-refractivity contribution in [3.05, 3.63) is 29.5 Å². The van der Waals surface area contributed by atoms with Crippen LogP contribution < -0.4 is 20.5 Å². The lowest BCUT2D eigenvalue weighted by atomic mass is 10.2. The van der Waals surface area contributed by atoms with Gasteiger partial charge in [0.05, 0.1) is 14.2 Å². The number of amides is 1. The number of nitrogens with zero attached hydrogens (tertiary/aromatic N) is 2. The third-order valence-electron chi connectivity index (χ3n) is 2.66. The molecule has 8 heteroatoms. The molecule has 0 aliphatic rings. The van der Waals surface area contributed by atoms with Gasteiger partial charge in [0.2, 0.25) is 11.5 Å². The Kier molecular flexibility index (Phi) is 4.04. The van der Waals surface area contributed by atoms with Crippen LogP contribution >= 0.6 is 0 Å². The van der Waals surface area contributed by atoms with Crippen molar-refractivity contribution in [3.63, 3.8) is 0 Å². The van der Waals surface area contributed by atoms with Crippen LogP contribution in [0.25, 0.3) is 0 Å². The van der Waals surface area contributed by atoms with Crippen LogP contribution in [0.15, 0.2) is 22.8 Å². The van der Waals surface area contributed by atoms with Gasteiger partial charge in [-0.3, -0.25) is 4.79 Å². The second-order valence-corrected chi connectivity index (χ2v) is 3.86. The van der Waals surface area contributed by atoms with E-state index in [2.05, 4.69) is 20.3 Å². The summed E-state index contributed by atoms with van der Waals surface area (Å²) < 4.78 is 14.7. The third-order valence-corrected chi connectivity index (χ3v) is 2.66. The van der Waals surface area contributed by atoms with Crippen LogP contribution in [0.5, 0.6) is 11.5 Å². The van der Waals surface area contributed by atoms with Crippen molar-refractivity contribution in [2.75, 3.05) is 20.0 Å². The largest absolute Gasteiger partial charge is 0.497 e. The monoisotopic (exact) mass is 278 g/mol. The van der Waals surface area contributed by atoms with Crippen LogP contribution in [0.1, 0.15) is 16.1 Å². The Morgan fingerprint density at radius 1 is 1.35 bits per heavy atom. The fourth-order valence-corrected chi connectivity index (χ4v) is 1.61. The summed E-state index contributed by atoms with van der Waals surface area (Å²) in [5.41, 5.74) is 6.18. The smallest absolute Gasteiger partial charge is 0.277 e. The molecule has 3 N–H and O–H groups in total. The summed E-state index contributed by atoms with van der Waals surface area (Å²) in [6.07, 6.45) is 0. The highest BCUT2D eigenvalue weighted by atomic mass is 16.6. The fraction of sp³-hybridized carbons (Fsp3) is 0.250. The molecule has 0 unspecified atom stereocenters. The van der Waals surface area contributed by atoms with E-state index < -0.39 is 5.91 Å². The van der Waals surface area contributed by atoms with Gasteiger partial charge in [0.25, 0.3) is 5.91 Å². The number of carbonyl (C=O) groups is 1. The molecule has 0 aliphatic heterocycles. The van der Waals surface area contributed by atoms with Gasteiger partial charge < -0.3 is 20.5 Å². The fourth-order valence-electron chi connectivity index (χ4n) is 1.61. The topological polar surface area (TPSA) is 112 Å². The Morgan fingerprint density at radius 3 is 2.75 bits per heavy atom. The number of hydrogen-bond donors (Lipinski definition) is 2. The summed E-state index contributed by atoms with van der Waals surface area (Å²) in [5.74, 6) is 0.753. The molecule has 0 fully saturated rings. The zero-order valence-electron chi connectivity index (χ0n) is 11.0. The van der Waals surface area contributed by atoms with Crippen molar-refractivity contribution >= 4 is 11.7 Å². The van der Waals surface area contributed by atoms with E-state index in [0.29, 0.717) is 11.5 Å². The lowest BCUT2D eigenvalue weighted by Crippen LogP contribution is -2.24. The number of hydrogen-bond acceptors (Lipinski definition) is 7. The Morgan fingerprint density at radius 2 is 2.15 bits per heavy atom.